The Hall–Kier alpha value is -3.61. The van der Waals surface area contributed by atoms with Crippen molar-refractivity contribution in [3.63, 3.8) is 0 Å². The standard InChI is InChI=1S/C20H26N4O8S/c1-11(17(21)28)22-18(29)12(2)23-19(30)14(8-16(27)33-10-15(25)26)24-20(31)32-9-13-6-4-3-5-7-13/h3-7,11-12,14H,8-10H2,1-2H3,(H2,21,28)(H,22,29)(H,23,30)(H,24,31)(H,25,26)/t11-,12-,14?/m0/s1. The molecule has 0 fully saturated rings. The van der Waals surface area contributed by atoms with Gasteiger partial charge in [-0.25, -0.2) is 4.79 Å². The molecule has 1 unspecified atom stereocenters. The number of carboxylic acid groups (broad SMARTS) is 1. The first-order valence-corrected chi connectivity index (χ1v) is 10.7. The molecule has 0 saturated carbocycles. The molecule has 0 spiro atoms. The van der Waals surface area contributed by atoms with Gasteiger partial charge in [0.2, 0.25) is 17.7 Å². The summed E-state index contributed by atoms with van der Waals surface area (Å²) in [4.78, 5) is 70.7. The minimum Gasteiger partial charge on any atom is -0.481 e. The first-order chi connectivity index (χ1) is 15.5. The second-order valence-corrected chi connectivity index (χ2v) is 7.91. The van der Waals surface area contributed by atoms with Crippen LogP contribution in [0.4, 0.5) is 4.79 Å². The van der Waals surface area contributed by atoms with Crippen molar-refractivity contribution in [3.8, 4) is 0 Å². The number of amides is 4. The number of nitrogens with two attached hydrogens (primary N) is 1. The average Bonchev–Trinajstić information content (AvgIpc) is 2.76. The lowest BCUT2D eigenvalue weighted by molar-refractivity contribution is -0.134. The number of thioether (sulfide) groups is 1. The van der Waals surface area contributed by atoms with Crippen LogP contribution in [0.3, 0.4) is 0 Å². The van der Waals surface area contributed by atoms with E-state index in [1.807, 2.05) is 0 Å². The molecule has 1 aromatic rings. The fourth-order valence-corrected chi connectivity index (χ4v) is 2.84. The van der Waals surface area contributed by atoms with Crippen LogP contribution in [0.2, 0.25) is 0 Å². The predicted octanol–water partition coefficient (Wildman–Crippen LogP) is -0.489. The molecule has 3 atom stereocenters. The summed E-state index contributed by atoms with van der Waals surface area (Å²) in [5, 5.41) is 14.9. The third-order valence-corrected chi connectivity index (χ3v) is 4.97. The maximum absolute atomic E-state index is 12.6. The van der Waals surface area contributed by atoms with E-state index < -0.39 is 65.2 Å². The molecular weight excluding hydrogens is 456 g/mol. The van der Waals surface area contributed by atoms with Crippen molar-refractivity contribution in [1.82, 2.24) is 16.0 Å². The number of hydrogen-bond donors (Lipinski definition) is 5. The summed E-state index contributed by atoms with van der Waals surface area (Å²) >= 11 is 0.463. The second-order valence-electron chi connectivity index (χ2n) is 6.88. The van der Waals surface area contributed by atoms with Crippen LogP contribution < -0.4 is 21.7 Å². The average molecular weight is 483 g/mol. The molecule has 0 saturated heterocycles. The molecule has 0 aliphatic rings. The topological polar surface area (TPSA) is 194 Å². The van der Waals surface area contributed by atoms with E-state index in [9.17, 15) is 28.8 Å². The molecule has 0 aromatic heterocycles. The van der Waals surface area contributed by atoms with Crippen LogP contribution in [0.15, 0.2) is 30.3 Å². The van der Waals surface area contributed by atoms with Gasteiger partial charge in [0.25, 0.3) is 0 Å². The highest BCUT2D eigenvalue weighted by atomic mass is 32.2. The number of nitrogens with one attached hydrogen (secondary N) is 3. The van der Waals surface area contributed by atoms with Crippen LogP contribution >= 0.6 is 11.8 Å². The fourth-order valence-electron chi connectivity index (χ4n) is 2.27. The summed E-state index contributed by atoms with van der Waals surface area (Å²) in [5.41, 5.74) is 5.77. The minimum atomic E-state index is -1.44. The number of carbonyl (C=O) groups is 6. The first kappa shape index (κ1) is 27.4. The van der Waals surface area contributed by atoms with Gasteiger partial charge >= 0.3 is 12.1 Å². The molecule has 1 aromatic carbocycles. The van der Waals surface area contributed by atoms with Gasteiger partial charge in [-0.1, -0.05) is 42.1 Å². The highest BCUT2D eigenvalue weighted by molar-refractivity contribution is 8.14. The summed E-state index contributed by atoms with van der Waals surface area (Å²) < 4.78 is 5.05. The zero-order valence-corrected chi connectivity index (χ0v) is 18.8. The van der Waals surface area contributed by atoms with E-state index in [-0.39, 0.29) is 6.61 Å². The number of rotatable bonds is 12. The van der Waals surface area contributed by atoms with Crippen LogP contribution in [0, 0.1) is 0 Å². The zero-order chi connectivity index (χ0) is 25.0. The van der Waals surface area contributed by atoms with Crippen LogP contribution in [-0.4, -0.2) is 63.9 Å². The number of benzene rings is 1. The molecule has 180 valence electrons. The van der Waals surface area contributed by atoms with Crippen molar-refractivity contribution in [2.24, 2.45) is 5.73 Å². The number of carbonyl (C=O) groups excluding carboxylic acids is 5. The summed E-state index contributed by atoms with van der Waals surface area (Å²) in [7, 11) is 0. The largest absolute Gasteiger partial charge is 0.481 e. The number of ether oxygens (including phenoxy) is 1. The van der Waals surface area contributed by atoms with Gasteiger partial charge in [-0.2, -0.15) is 0 Å². The minimum absolute atomic E-state index is 0.0907. The lowest BCUT2D eigenvalue weighted by Crippen LogP contribution is -2.55. The molecule has 4 amide bonds. The van der Waals surface area contributed by atoms with Crippen molar-refractivity contribution < 1.29 is 38.6 Å². The third-order valence-electron chi connectivity index (χ3n) is 4.09. The van der Waals surface area contributed by atoms with Crippen molar-refractivity contribution in [2.45, 2.75) is 45.0 Å². The first-order valence-electron chi connectivity index (χ1n) is 9.74. The maximum atomic E-state index is 12.6. The van der Waals surface area contributed by atoms with Crippen molar-refractivity contribution in [2.75, 3.05) is 5.75 Å². The Morgan fingerprint density at radius 3 is 2.15 bits per heavy atom. The molecular formula is C20H26N4O8S. The molecule has 13 heteroatoms. The van der Waals surface area contributed by atoms with Gasteiger partial charge in [0.1, 0.15) is 24.7 Å². The Bertz CT molecular complexity index is 880. The quantitative estimate of drug-likeness (QED) is 0.261. The lowest BCUT2D eigenvalue weighted by Gasteiger charge is -2.21. The van der Waals surface area contributed by atoms with Gasteiger partial charge < -0.3 is 31.5 Å². The molecule has 6 N–H and O–H groups in total. The van der Waals surface area contributed by atoms with Crippen LogP contribution in [0.25, 0.3) is 0 Å². The summed E-state index contributed by atoms with van der Waals surface area (Å²) in [5.74, 6) is -4.12. The normalized spacial score (nSPS) is 13.0. The molecule has 0 aliphatic heterocycles. The smallest absolute Gasteiger partial charge is 0.408 e. The predicted molar refractivity (Wildman–Crippen MR) is 118 cm³/mol. The number of primary amides is 1. The molecule has 12 nitrogen and oxygen atoms in total. The van der Waals surface area contributed by atoms with Gasteiger partial charge in [-0.3, -0.25) is 24.0 Å². The van der Waals surface area contributed by atoms with E-state index >= 15 is 0 Å². The third kappa shape index (κ3) is 11.0. The Labute approximate surface area is 194 Å². The van der Waals surface area contributed by atoms with Gasteiger partial charge in [0.05, 0.1) is 5.75 Å². The van der Waals surface area contributed by atoms with E-state index in [0.717, 1.165) is 0 Å². The van der Waals surface area contributed by atoms with Gasteiger partial charge in [0.15, 0.2) is 5.12 Å². The fraction of sp³-hybridized carbons (Fsp3) is 0.400. The number of carboxylic acids is 1. The van der Waals surface area contributed by atoms with Crippen LogP contribution in [0.1, 0.15) is 25.8 Å². The van der Waals surface area contributed by atoms with Crippen LogP contribution in [-0.2, 0) is 35.3 Å². The van der Waals surface area contributed by atoms with Gasteiger partial charge in [0, 0.05) is 6.42 Å². The van der Waals surface area contributed by atoms with Crippen molar-refractivity contribution >= 4 is 46.7 Å². The zero-order valence-electron chi connectivity index (χ0n) is 18.0. The van der Waals surface area contributed by atoms with E-state index in [1.54, 1.807) is 30.3 Å². The Kier molecular flexibility index (Phi) is 11.4. The van der Waals surface area contributed by atoms with E-state index in [0.29, 0.717) is 17.3 Å². The Morgan fingerprint density at radius 1 is 0.970 bits per heavy atom. The molecule has 1 rings (SSSR count). The number of alkyl carbamates (subject to hydrolysis) is 1. The SMILES string of the molecule is C[C@H](NC(=O)[C@H](C)NC(=O)C(CC(=O)SCC(=O)O)NC(=O)OCc1ccccc1)C(N)=O. The molecule has 0 radical (unpaired) electrons. The van der Waals surface area contributed by atoms with E-state index in [4.69, 9.17) is 15.6 Å². The van der Waals surface area contributed by atoms with Crippen LogP contribution in [0.5, 0.6) is 0 Å². The highest BCUT2D eigenvalue weighted by Gasteiger charge is 2.28. The number of hydrogen-bond acceptors (Lipinski definition) is 8. The maximum Gasteiger partial charge on any atom is 0.408 e. The highest BCUT2D eigenvalue weighted by Crippen LogP contribution is 2.09. The molecule has 33 heavy (non-hydrogen) atoms. The van der Waals surface area contributed by atoms with E-state index in [1.165, 1.54) is 13.8 Å². The summed E-state index contributed by atoms with van der Waals surface area (Å²) in [6, 6.07) is 5.16. The molecule has 0 aliphatic carbocycles. The van der Waals surface area contributed by atoms with Gasteiger partial charge in [-0.15, -0.1) is 0 Å². The summed E-state index contributed by atoms with van der Waals surface area (Å²) in [6.45, 7) is 2.60. The lowest BCUT2D eigenvalue weighted by atomic mass is 10.2. The Morgan fingerprint density at radius 2 is 1.58 bits per heavy atom. The summed E-state index contributed by atoms with van der Waals surface area (Å²) in [6.07, 6.45) is -1.54. The molecule has 0 heterocycles. The van der Waals surface area contributed by atoms with Crippen molar-refractivity contribution in [1.29, 1.82) is 0 Å². The number of aliphatic carboxylic acids is 1. The molecule has 0 bridgehead atoms. The monoisotopic (exact) mass is 482 g/mol. The van der Waals surface area contributed by atoms with Crippen molar-refractivity contribution in [3.05, 3.63) is 35.9 Å². The Balaban J connectivity index is 2.78. The second kappa shape index (κ2) is 13.7. The van der Waals surface area contributed by atoms with Gasteiger partial charge in [-0.05, 0) is 19.4 Å². The van der Waals surface area contributed by atoms with E-state index in [2.05, 4.69) is 16.0 Å².